The number of carbonyl (C=O) groups is 1. The number of nitrogen functional groups attached to an aromatic ring is 1. The number of rotatable bonds is 2. The number of pyridine rings is 1. The number of aliphatic imine (C=N–C) groups is 1. The number of aryl methyl sites for hydroxylation is 1. The highest BCUT2D eigenvalue weighted by atomic mass is 19.4. The van der Waals surface area contributed by atoms with Gasteiger partial charge in [-0.3, -0.25) is 14.2 Å². The highest BCUT2D eigenvalue weighted by Crippen LogP contribution is 2.32. The van der Waals surface area contributed by atoms with E-state index in [1.807, 2.05) is 23.5 Å². The molecule has 5 rings (SSSR count). The first-order chi connectivity index (χ1) is 15.6. The minimum absolute atomic E-state index is 0.0857. The molecule has 1 amide bonds. The summed E-state index contributed by atoms with van der Waals surface area (Å²) in [6, 6.07) is 6.04. The summed E-state index contributed by atoms with van der Waals surface area (Å²) >= 11 is 0. The molecule has 3 aromatic rings. The number of nitrogens with zero attached hydrogens (tertiary/aromatic N) is 4. The van der Waals surface area contributed by atoms with Crippen molar-refractivity contribution in [3.63, 3.8) is 0 Å². The van der Waals surface area contributed by atoms with Gasteiger partial charge in [0.15, 0.2) is 0 Å². The van der Waals surface area contributed by atoms with Crippen LogP contribution in [0.15, 0.2) is 47.6 Å². The van der Waals surface area contributed by atoms with Crippen LogP contribution in [0.1, 0.15) is 16.2 Å². The van der Waals surface area contributed by atoms with Gasteiger partial charge in [0, 0.05) is 23.9 Å². The fraction of sp³-hybridized carbons (Fsp3) is 0.348. The zero-order valence-electron chi connectivity index (χ0n) is 18.0. The SMILES string of the molecule is Cc1ncc2c(N)cc3ccc(C(=O)N(C)C4COCC5N=C(C(F)(F)F)C=C[C@H]54)cc3n12. The number of alkyl halides is 3. The summed E-state index contributed by atoms with van der Waals surface area (Å²) in [6.07, 6.45) is -0.327. The van der Waals surface area contributed by atoms with E-state index in [1.165, 1.54) is 11.0 Å². The quantitative estimate of drug-likeness (QED) is 0.639. The maximum Gasteiger partial charge on any atom is 0.432 e. The third-order valence-electron chi connectivity index (χ3n) is 6.42. The maximum absolute atomic E-state index is 13.4. The van der Waals surface area contributed by atoms with Crippen LogP contribution in [-0.2, 0) is 4.74 Å². The number of anilines is 1. The highest BCUT2D eigenvalue weighted by Gasteiger charge is 2.42. The number of allylic oxidation sites excluding steroid dienone is 1. The number of ether oxygens (including phenoxy) is 1. The number of halogens is 3. The molecule has 3 atom stereocenters. The van der Waals surface area contributed by atoms with Gasteiger partial charge in [0.25, 0.3) is 5.91 Å². The summed E-state index contributed by atoms with van der Waals surface area (Å²) in [6.45, 7) is 2.17. The smallest absolute Gasteiger partial charge is 0.397 e. The molecule has 1 aromatic carbocycles. The van der Waals surface area contributed by atoms with Gasteiger partial charge in [-0.25, -0.2) is 4.98 Å². The Hall–Kier alpha value is -3.40. The van der Waals surface area contributed by atoms with E-state index in [4.69, 9.17) is 10.5 Å². The molecule has 1 saturated heterocycles. The van der Waals surface area contributed by atoms with E-state index < -0.39 is 24.0 Å². The fourth-order valence-electron chi connectivity index (χ4n) is 4.67. The summed E-state index contributed by atoms with van der Waals surface area (Å²) in [7, 11) is 1.64. The van der Waals surface area contributed by atoms with Crippen LogP contribution in [0.5, 0.6) is 0 Å². The first-order valence-corrected chi connectivity index (χ1v) is 10.5. The third-order valence-corrected chi connectivity index (χ3v) is 6.42. The number of benzene rings is 1. The molecule has 2 aliphatic rings. The second-order valence-electron chi connectivity index (χ2n) is 8.44. The Balaban J connectivity index is 1.47. The van der Waals surface area contributed by atoms with Crippen LogP contribution in [0.3, 0.4) is 0 Å². The molecule has 2 unspecified atom stereocenters. The Morgan fingerprint density at radius 1 is 1.24 bits per heavy atom. The van der Waals surface area contributed by atoms with Crippen LogP contribution in [0.2, 0.25) is 0 Å². The number of hydrogen-bond acceptors (Lipinski definition) is 5. The minimum Gasteiger partial charge on any atom is -0.397 e. The summed E-state index contributed by atoms with van der Waals surface area (Å²) in [4.78, 5) is 23.1. The van der Waals surface area contributed by atoms with Crippen molar-refractivity contribution in [1.29, 1.82) is 0 Å². The van der Waals surface area contributed by atoms with Gasteiger partial charge in [-0.2, -0.15) is 13.2 Å². The van der Waals surface area contributed by atoms with Crippen molar-refractivity contribution >= 4 is 33.7 Å². The molecule has 0 aliphatic carbocycles. The Kier molecular flexibility index (Phi) is 4.93. The van der Waals surface area contributed by atoms with Crippen LogP contribution in [0, 0.1) is 12.8 Å². The van der Waals surface area contributed by atoms with Gasteiger partial charge in [-0.15, -0.1) is 0 Å². The second kappa shape index (κ2) is 7.58. The first kappa shape index (κ1) is 21.4. The number of carbonyl (C=O) groups excluding carboxylic acids is 1. The fourth-order valence-corrected chi connectivity index (χ4v) is 4.67. The maximum atomic E-state index is 13.4. The lowest BCUT2D eigenvalue weighted by Gasteiger charge is -2.41. The van der Waals surface area contributed by atoms with Crippen molar-refractivity contribution in [3.8, 4) is 0 Å². The Bertz CT molecular complexity index is 1330. The lowest BCUT2D eigenvalue weighted by Crippen LogP contribution is -2.53. The zero-order chi connectivity index (χ0) is 23.5. The molecule has 7 nitrogen and oxygen atoms in total. The molecule has 33 heavy (non-hydrogen) atoms. The van der Waals surface area contributed by atoms with Crippen molar-refractivity contribution in [2.24, 2.45) is 10.9 Å². The topological polar surface area (TPSA) is 85.2 Å². The molecule has 172 valence electrons. The summed E-state index contributed by atoms with van der Waals surface area (Å²) in [5.74, 6) is 0.129. The van der Waals surface area contributed by atoms with Crippen molar-refractivity contribution in [1.82, 2.24) is 14.3 Å². The molecule has 10 heteroatoms. The molecule has 4 heterocycles. The number of aromatic nitrogens is 2. The van der Waals surface area contributed by atoms with Crippen LogP contribution < -0.4 is 5.73 Å². The predicted molar refractivity (Wildman–Crippen MR) is 118 cm³/mol. The molecule has 0 radical (unpaired) electrons. The number of imidazole rings is 1. The molecule has 0 saturated carbocycles. The lowest BCUT2D eigenvalue weighted by molar-refractivity contribution is -0.0599. The van der Waals surface area contributed by atoms with E-state index >= 15 is 0 Å². The first-order valence-electron chi connectivity index (χ1n) is 10.5. The van der Waals surface area contributed by atoms with Crippen molar-refractivity contribution < 1.29 is 22.7 Å². The van der Waals surface area contributed by atoms with Gasteiger partial charge in [0.05, 0.1) is 48.2 Å². The van der Waals surface area contributed by atoms with E-state index in [1.54, 1.807) is 25.4 Å². The average Bonchev–Trinajstić information content (AvgIpc) is 3.19. The molecule has 1 fully saturated rings. The largest absolute Gasteiger partial charge is 0.432 e. The molecule has 0 spiro atoms. The Morgan fingerprint density at radius 3 is 2.79 bits per heavy atom. The van der Waals surface area contributed by atoms with Crippen LogP contribution in [-0.4, -0.2) is 64.4 Å². The molecule has 2 aliphatic heterocycles. The van der Waals surface area contributed by atoms with Gasteiger partial charge in [0.1, 0.15) is 11.5 Å². The molecule has 2 N–H and O–H groups in total. The summed E-state index contributed by atoms with van der Waals surface area (Å²) in [5.41, 5.74) is 7.81. The van der Waals surface area contributed by atoms with Gasteiger partial charge < -0.3 is 15.4 Å². The van der Waals surface area contributed by atoms with Crippen LogP contribution >= 0.6 is 0 Å². The third kappa shape index (κ3) is 3.54. The molecule has 2 aromatic heterocycles. The normalized spacial score (nSPS) is 22.9. The number of nitrogens with two attached hydrogens (primary N) is 1. The van der Waals surface area contributed by atoms with Gasteiger partial charge in [-0.1, -0.05) is 12.1 Å². The Labute approximate surface area is 187 Å². The van der Waals surface area contributed by atoms with E-state index in [2.05, 4.69) is 9.98 Å². The van der Waals surface area contributed by atoms with E-state index in [0.29, 0.717) is 11.3 Å². The van der Waals surface area contributed by atoms with Crippen molar-refractivity contribution in [2.75, 3.05) is 26.0 Å². The standard InChI is InChI=1S/C23H22F3N5O2/c1-12-28-9-19-16(27)7-13-3-4-14(8-18(13)31(12)19)22(32)30(2)20-11-33-10-17-15(20)5-6-21(29-17)23(24,25)26/h3-9,15,17,20H,10-11,27H2,1-2H3/t15-,17?,20?/m1/s1. The van der Waals surface area contributed by atoms with E-state index in [-0.39, 0.29) is 25.0 Å². The minimum atomic E-state index is -4.51. The zero-order valence-corrected chi connectivity index (χ0v) is 18.0. The molecular formula is C23H22F3N5O2. The van der Waals surface area contributed by atoms with E-state index in [0.717, 1.165) is 28.3 Å². The average molecular weight is 457 g/mol. The predicted octanol–water partition coefficient (Wildman–Crippen LogP) is 3.41. The van der Waals surface area contributed by atoms with Gasteiger partial charge >= 0.3 is 6.18 Å². The summed E-state index contributed by atoms with van der Waals surface area (Å²) < 4.78 is 46.7. The number of fused-ring (bicyclic) bond motifs is 4. The number of likely N-dealkylation sites (N-methyl/N-ethyl adjacent to an activating group) is 1. The van der Waals surface area contributed by atoms with Gasteiger partial charge in [0.2, 0.25) is 0 Å². The lowest BCUT2D eigenvalue weighted by atomic mass is 9.86. The number of dihydropyridines is 1. The van der Waals surface area contributed by atoms with Crippen molar-refractivity contribution in [3.05, 3.63) is 54.0 Å². The van der Waals surface area contributed by atoms with Gasteiger partial charge in [-0.05, 0) is 31.2 Å². The number of hydrogen-bond donors (Lipinski definition) is 1. The van der Waals surface area contributed by atoms with Crippen LogP contribution in [0.25, 0.3) is 16.4 Å². The van der Waals surface area contributed by atoms with Crippen molar-refractivity contribution in [2.45, 2.75) is 25.2 Å². The van der Waals surface area contributed by atoms with E-state index in [9.17, 15) is 18.0 Å². The monoisotopic (exact) mass is 457 g/mol. The second-order valence-corrected chi connectivity index (χ2v) is 8.44. The highest BCUT2D eigenvalue weighted by molar-refractivity contribution is 6.01. The summed E-state index contributed by atoms with van der Waals surface area (Å²) in [5, 5.41) is 0.866. The Morgan fingerprint density at radius 2 is 2.03 bits per heavy atom. The number of amides is 1. The molecule has 0 bridgehead atoms. The molecular weight excluding hydrogens is 435 g/mol. The van der Waals surface area contributed by atoms with Crippen LogP contribution in [0.4, 0.5) is 18.9 Å².